The highest BCUT2D eigenvalue weighted by Crippen LogP contribution is 2.22. The predicted octanol–water partition coefficient (Wildman–Crippen LogP) is 2.03. The topological polar surface area (TPSA) is 51.6 Å². The summed E-state index contributed by atoms with van der Waals surface area (Å²) in [4.78, 5) is 4.00. The zero-order valence-corrected chi connectivity index (χ0v) is 10.2. The first kappa shape index (κ1) is 13.2. The van der Waals surface area contributed by atoms with E-state index in [-0.39, 0.29) is 12.7 Å². The molecule has 16 heavy (non-hydrogen) atoms. The number of hydrogen-bond acceptors (Lipinski definition) is 4. The van der Waals surface area contributed by atoms with Gasteiger partial charge in [-0.2, -0.15) is 0 Å². The average molecular weight is 246 g/mol. The van der Waals surface area contributed by atoms with E-state index < -0.39 is 0 Å². The molecule has 4 nitrogen and oxygen atoms in total. The molecule has 0 spiro atoms. The van der Waals surface area contributed by atoms with Gasteiger partial charge in [-0.25, -0.2) is 4.98 Å². The summed E-state index contributed by atoms with van der Waals surface area (Å²) in [5, 5.41) is 9.27. The Bertz CT molecular complexity index is 331. The van der Waals surface area contributed by atoms with Gasteiger partial charge in [0, 0.05) is 6.20 Å². The molecular formula is C11H16ClNO3. The maximum Gasteiger partial charge on any atom is 0.232 e. The van der Waals surface area contributed by atoms with Crippen molar-refractivity contribution in [2.75, 3.05) is 13.2 Å². The summed E-state index contributed by atoms with van der Waals surface area (Å²) in [6, 6.07) is 1.63. The molecule has 5 heteroatoms. The first-order chi connectivity index (χ1) is 7.63. The molecule has 0 aliphatic heterocycles. The van der Waals surface area contributed by atoms with Crippen LogP contribution in [0.3, 0.4) is 0 Å². The quantitative estimate of drug-likeness (QED) is 0.780. The molecule has 0 atom stereocenters. The molecule has 1 aromatic heterocycles. The van der Waals surface area contributed by atoms with Crippen LogP contribution in [0.15, 0.2) is 12.3 Å². The van der Waals surface area contributed by atoms with E-state index in [1.807, 2.05) is 13.8 Å². The van der Waals surface area contributed by atoms with Crippen molar-refractivity contribution in [2.45, 2.75) is 26.6 Å². The highest BCUT2D eigenvalue weighted by Gasteiger charge is 2.04. The minimum Gasteiger partial charge on any atom is -0.474 e. The third kappa shape index (κ3) is 4.35. The molecule has 1 heterocycles. The van der Waals surface area contributed by atoms with Gasteiger partial charge in [-0.3, -0.25) is 0 Å². The Balaban J connectivity index is 2.42. The summed E-state index contributed by atoms with van der Waals surface area (Å²) in [5.41, 5.74) is 0.663. The van der Waals surface area contributed by atoms with Crippen LogP contribution in [0.1, 0.15) is 19.4 Å². The average Bonchev–Trinajstić information content (AvgIpc) is 2.25. The molecule has 1 N–H and O–H groups in total. The van der Waals surface area contributed by atoms with Gasteiger partial charge in [0.2, 0.25) is 5.88 Å². The maximum atomic E-state index is 8.87. The van der Waals surface area contributed by atoms with Crippen LogP contribution in [-0.4, -0.2) is 29.4 Å². The molecular weight excluding hydrogens is 230 g/mol. The highest BCUT2D eigenvalue weighted by atomic mass is 35.5. The fourth-order valence-electron chi connectivity index (χ4n) is 1.08. The van der Waals surface area contributed by atoms with Gasteiger partial charge in [0.25, 0.3) is 0 Å². The van der Waals surface area contributed by atoms with Crippen LogP contribution in [0, 0.1) is 0 Å². The van der Waals surface area contributed by atoms with E-state index in [1.165, 1.54) is 6.20 Å². The second-order valence-corrected chi connectivity index (χ2v) is 3.96. The number of ether oxygens (including phenoxy) is 2. The lowest BCUT2D eigenvalue weighted by Gasteiger charge is -2.09. The largest absolute Gasteiger partial charge is 0.474 e. The summed E-state index contributed by atoms with van der Waals surface area (Å²) < 4.78 is 10.6. The lowest BCUT2D eigenvalue weighted by atomic mass is 10.3. The van der Waals surface area contributed by atoms with E-state index in [1.54, 1.807) is 6.07 Å². The van der Waals surface area contributed by atoms with Gasteiger partial charge in [0.1, 0.15) is 11.6 Å². The molecule has 0 amide bonds. The monoisotopic (exact) mass is 245 g/mol. The molecule has 0 saturated heterocycles. The Morgan fingerprint density at radius 3 is 2.75 bits per heavy atom. The molecule has 1 rings (SSSR count). The van der Waals surface area contributed by atoms with Crippen LogP contribution in [-0.2, 0) is 11.3 Å². The lowest BCUT2D eigenvalue weighted by molar-refractivity contribution is 0.0542. The van der Waals surface area contributed by atoms with Crippen molar-refractivity contribution in [3.63, 3.8) is 0 Å². The van der Waals surface area contributed by atoms with Gasteiger partial charge in [0.05, 0.1) is 19.3 Å². The second-order valence-electron chi connectivity index (χ2n) is 3.56. The first-order valence-corrected chi connectivity index (χ1v) is 5.51. The van der Waals surface area contributed by atoms with Crippen molar-refractivity contribution in [1.82, 2.24) is 4.98 Å². The Morgan fingerprint density at radius 1 is 1.44 bits per heavy atom. The summed E-state index contributed by atoms with van der Waals surface area (Å²) in [6.45, 7) is 4.74. The predicted molar refractivity (Wildman–Crippen MR) is 61.8 cm³/mol. The van der Waals surface area contributed by atoms with E-state index >= 15 is 0 Å². The van der Waals surface area contributed by atoms with Crippen molar-refractivity contribution in [3.05, 3.63) is 22.8 Å². The van der Waals surface area contributed by atoms with Crippen molar-refractivity contribution in [2.24, 2.45) is 0 Å². The molecule has 0 fully saturated rings. The van der Waals surface area contributed by atoms with Gasteiger partial charge in [-0.15, -0.1) is 0 Å². The number of rotatable bonds is 6. The van der Waals surface area contributed by atoms with Gasteiger partial charge < -0.3 is 14.6 Å². The summed E-state index contributed by atoms with van der Waals surface area (Å²) in [6.07, 6.45) is 1.72. The van der Waals surface area contributed by atoms with Crippen molar-refractivity contribution in [1.29, 1.82) is 0 Å². The van der Waals surface area contributed by atoms with E-state index in [9.17, 15) is 0 Å². The summed E-state index contributed by atoms with van der Waals surface area (Å²) >= 11 is 5.91. The van der Waals surface area contributed by atoms with Gasteiger partial charge in [0.15, 0.2) is 0 Å². The standard InChI is InChI=1S/C11H16ClNO3/c1-8(2)15-3-4-16-11-10(12)5-9(7-14)6-13-11/h5-6,8,14H,3-4,7H2,1-2H3. The number of aromatic nitrogens is 1. The Morgan fingerprint density at radius 2 is 2.19 bits per heavy atom. The highest BCUT2D eigenvalue weighted by molar-refractivity contribution is 6.31. The van der Waals surface area contributed by atoms with Crippen LogP contribution >= 0.6 is 11.6 Å². The Kier molecular flexibility index (Phi) is 5.52. The third-order valence-electron chi connectivity index (χ3n) is 1.82. The number of aliphatic hydroxyl groups excluding tert-OH is 1. The molecule has 0 unspecified atom stereocenters. The smallest absolute Gasteiger partial charge is 0.232 e. The molecule has 0 saturated carbocycles. The first-order valence-electron chi connectivity index (χ1n) is 5.13. The lowest BCUT2D eigenvalue weighted by Crippen LogP contribution is -2.12. The van der Waals surface area contributed by atoms with Crippen LogP contribution in [0.5, 0.6) is 5.88 Å². The molecule has 0 aliphatic carbocycles. The van der Waals surface area contributed by atoms with E-state index in [4.69, 9.17) is 26.2 Å². The van der Waals surface area contributed by atoms with Crippen LogP contribution < -0.4 is 4.74 Å². The third-order valence-corrected chi connectivity index (χ3v) is 2.09. The number of pyridine rings is 1. The van der Waals surface area contributed by atoms with Crippen LogP contribution in [0.25, 0.3) is 0 Å². The fourth-order valence-corrected chi connectivity index (χ4v) is 1.32. The molecule has 0 aromatic carbocycles. The van der Waals surface area contributed by atoms with Gasteiger partial charge in [-0.05, 0) is 25.5 Å². The van der Waals surface area contributed by atoms with Gasteiger partial charge >= 0.3 is 0 Å². The number of halogens is 1. The zero-order chi connectivity index (χ0) is 12.0. The molecule has 1 aromatic rings. The van der Waals surface area contributed by atoms with Crippen LogP contribution in [0.2, 0.25) is 5.02 Å². The normalized spacial score (nSPS) is 10.8. The Hall–Kier alpha value is -0.840. The Labute approximate surface area is 100 Å². The van der Waals surface area contributed by atoms with Crippen molar-refractivity contribution < 1.29 is 14.6 Å². The number of nitrogens with zero attached hydrogens (tertiary/aromatic N) is 1. The molecule has 0 aliphatic rings. The van der Waals surface area contributed by atoms with E-state index in [0.717, 1.165) is 0 Å². The summed E-state index contributed by atoms with van der Waals surface area (Å²) in [5.74, 6) is 0.367. The molecule has 90 valence electrons. The molecule has 0 radical (unpaired) electrons. The van der Waals surface area contributed by atoms with E-state index in [0.29, 0.717) is 29.7 Å². The second kappa shape index (κ2) is 6.68. The molecule has 0 bridgehead atoms. The minimum absolute atomic E-state index is 0.0799. The van der Waals surface area contributed by atoms with Crippen molar-refractivity contribution in [3.8, 4) is 5.88 Å². The van der Waals surface area contributed by atoms with E-state index in [2.05, 4.69) is 4.98 Å². The fraction of sp³-hybridized carbons (Fsp3) is 0.545. The van der Waals surface area contributed by atoms with Gasteiger partial charge in [-0.1, -0.05) is 11.6 Å². The maximum absolute atomic E-state index is 8.87. The summed E-state index contributed by atoms with van der Waals surface area (Å²) in [7, 11) is 0. The van der Waals surface area contributed by atoms with Crippen LogP contribution in [0.4, 0.5) is 0 Å². The number of aliphatic hydroxyl groups is 1. The zero-order valence-electron chi connectivity index (χ0n) is 9.44. The van der Waals surface area contributed by atoms with Crippen molar-refractivity contribution >= 4 is 11.6 Å². The SMILES string of the molecule is CC(C)OCCOc1ncc(CO)cc1Cl. The minimum atomic E-state index is -0.0799. The number of hydrogen-bond donors (Lipinski definition) is 1.